The normalized spacial score (nSPS) is 28.1. The highest BCUT2D eigenvalue weighted by Gasteiger charge is 2.21. The molecule has 0 N–H and O–H groups in total. The Bertz CT molecular complexity index is 667. The van der Waals surface area contributed by atoms with Crippen molar-refractivity contribution in [3.8, 4) is 17.6 Å². The fourth-order valence-electron chi connectivity index (χ4n) is 4.63. The Morgan fingerprint density at radius 2 is 1.68 bits per heavy atom. The summed E-state index contributed by atoms with van der Waals surface area (Å²) in [5, 5.41) is 0. The van der Waals surface area contributed by atoms with Gasteiger partial charge >= 0.3 is 6.61 Å². The second-order valence-electron chi connectivity index (χ2n) is 8.33. The standard InChI is InChI=1S/C25H32F2O/c1-2-19-7-9-20(10-8-19)5-3-4-6-21-11-13-22(14-12-21)23-15-17-24(18-16-23)28-25(26)27/h3,5,15-22,25H,2,7-14H2,1H3/b5-3+/t19-,20-,21-,22-. The zero-order valence-corrected chi connectivity index (χ0v) is 16.9. The lowest BCUT2D eigenvalue weighted by molar-refractivity contribution is -0.0498. The van der Waals surface area contributed by atoms with Crippen LogP contribution in [0.5, 0.6) is 5.75 Å². The molecule has 0 aromatic heterocycles. The maximum absolute atomic E-state index is 12.2. The van der Waals surface area contributed by atoms with Crippen LogP contribution < -0.4 is 4.74 Å². The fraction of sp³-hybridized carbons (Fsp3) is 0.600. The molecule has 0 amide bonds. The molecule has 2 fully saturated rings. The van der Waals surface area contributed by atoms with E-state index in [0.29, 0.717) is 11.8 Å². The van der Waals surface area contributed by atoms with E-state index in [2.05, 4.69) is 35.7 Å². The number of rotatable bonds is 5. The van der Waals surface area contributed by atoms with E-state index in [9.17, 15) is 8.78 Å². The summed E-state index contributed by atoms with van der Waals surface area (Å²) in [4.78, 5) is 0. The molecule has 0 heterocycles. The molecule has 1 nitrogen and oxygen atoms in total. The molecule has 3 heteroatoms. The number of benzene rings is 1. The highest BCUT2D eigenvalue weighted by molar-refractivity contribution is 5.30. The van der Waals surface area contributed by atoms with Crippen molar-refractivity contribution >= 4 is 0 Å². The van der Waals surface area contributed by atoms with Crippen molar-refractivity contribution in [2.75, 3.05) is 0 Å². The van der Waals surface area contributed by atoms with E-state index < -0.39 is 6.61 Å². The predicted molar refractivity (Wildman–Crippen MR) is 110 cm³/mol. The molecule has 3 rings (SSSR count). The SMILES string of the molecule is CC[C@H]1CC[C@H](/C=C/C#C[C@H]2CC[C@H](c3ccc(OC(F)F)cc3)CC2)CC1. The lowest BCUT2D eigenvalue weighted by atomic mass is 9.79. The summed E-state index contributed by atoms with van der Waals surface area (Å²) in [6.07, 6.45) is 15.6. The Kier molecular flexibility index (Phi) is 7.95. The first kappa shape index (κ1) is 20.9. The first-order valence-electron chi connectivity index (χ1n) is 10.9. The smallest absolute Gasteiger partial charge is 0.387 e. The van der Waals surface area contributed by atoms with Gasteiger partial charge in [-0.2, -0.15) is 8.78 Å². The van der Waals surface area contributed by atoms with Gasteiger partial charge in [0.05, 0.1) is 0 Å². The summed E-state index contributed by atoms with van der Waals surface area (Å²) in [5.74, 6) is 9.62. The van der Waals surface area contributed by atoms with Crippen LogP contribution in [-0.4, -0.2) is 6.61 Å². The van der Waals surface area contributed by atoms with Crippen LogP contribution in [0.1, 0.15) is 76.2 Å². The predicted octanol–water partition coefficient (Wildman–Crippen LogP) is 7.34. The van der Waals surface area contributed by atoms with Gasteiger partial charge in [0.2, 0.25) is 0 Å². The first-order valence-corrected chi connectivity index (χ1v) is 10.9. The minimum absolute atomic E-state index is 0.230. The van der Waals surface area contributed by atoms with Gasteiger partial charge in [-0.15, -0.1) is 0 Å². The van der Waals surface area contributed by atoms with Crippen LogP contribution in [0.2, 0.25) is 0 Å². The van der Waals surface area contributed by atoms with Gasteiger partial charge in [0.1, 0.15) is 5.75 Å². The molecule has 2 aliphatic rings. The van der Waals surface area contributed by atoms with E-state index in [-0.39, 0.29) is 5.75 Å². The zero-order valence-electron chi connectivity index (χ0n) is 16.9. The van der Waals surface area contributed by atoms with E-state index in [1.54, 1.807) is 12.1 Å². The Morgan fingerprint density at radius 3 is 2.29 bits per heavy atom. The molecule has 0 unspecified atom stereocenters. The number of halogens is 2. The topological polar surface area (TPSA) is 9.23 Å². The lowest BCUT2D eigenvalue weighted by Gasteiger charge is -2.26. The second-order valence-corrected chi connectivity index (χ2v) is 8.33. The van der Waals surface area contributed by atoms with Crippen LogP contribution in [0.4, 0.5) is 8.78 Å². The van der Waals surface area contributed by atoms with Gasteiger partial charge in [-0.3, -0.25) is 0 Å². The van der Waals surface area contributed by atoms with Crippen molar-refractivity contribution in [1.29, 1.82) is 0 Å². The first-order chi connectivity index (χ1) is 13.6. The Balaban J connectivity index is 1.41. The monoisotopic (exact) mass is 386 g/mol. The molecule has 0 aliphatic heterocycles. The third-order valence-electron chi connectivity index (χ3n) is 6.51. The summed E-state index contributed by atoms with van der Waals surface area (Å²) in [5.41, 5.74) is 1.22. The molecule has 0 spiro atoms. The highest BCUT2D eigenvalue weighted by atomic mass is 19.3. The molecular weight excluding hydrogens is 354 g/mol. The van der Waals surface area contributed by atoms with Gasteiger partial charge < -0.3 is 4.74 Å². The summed E-state index contributed by atoms with van der Waals surface area (Å²) >= 11 is 0. The number of alkyl halides is 2. The van der Waals surface area contributed by atoms with Crippen molar-refractivity contribution in [2.45, 2.75) is 77.2 Å². The highest BCUT2D eigenvalue weighted by Crippen LogP contribution is 2.36. The van der Waals surface area contributed by atoms with E-state index >= 15 is 0 Å². The van der Waals surface area contributed by atoms with E-state index in [0.717, 1.165) is 37.5 Å². The van der Waals surface area contributed by atoms with Gasteiger partial charge in [0.25, 0.3) is 0 Å². The molecule has 0 radical (unpaired) electrons. The largest absolute Gasteiger partial charge is 0.435 e. The minimum Gasteiger partial charge on any atom is -0.435 e. The Hall–Kier alpha value is -1.82. The minimum atomic E-state index is -2.76. The third-order valence-corrected chi connectivity index (χ3v) is 6.51. The summed E-state index contributed by atoms with van der Waals surface area (Å²) < 4.78 is 28.9. The number of allylic oxidation sites excluding steroid dienone is 2. The Morgan fingerprint density at radius 1 is 1.00 bits per heavy atom. The summed E-state index contributed by atoms with van der Waals surface area (Å²) in [7, 11) is 0. The molecule has 0 bridgehead atoms. The quantitative estimate of drug-likeness (QED) is 0.481. The van der Waals surface area contributed by atoms with Gasteiger partial charge in [-0.1, -0.05) is 43.4 Å². The van der Waals surface area contributed by atoms with E-state index in [1.807, 2.05) is 12.1 Å². The van der Waals surface area contributed by atoms with Crippen LogP contribution in [-0.2, 0) is 0 Å². The molecule has 2 aliphatic carbocycles. The lowest BCUT2D eigenvalue weighted by Crippen LogP contribution is -2.12. The Labute approximate surface area is 168 Å². The molecular formula is C25H32F2O. The fourth-order valence-corrected chi connectivity index (χ4v) is 4.63. The number of hydrogen-bond donors (Lipinski definition) is 0. The van der Waals surface area contributed by atoms with Gasteiger partial charge in [0, 0.05) is 5.92 Å². The van der Waals surface area contributed by atoms with E-state index in [4.69, 9.17) is 0 Å². The average molecular weight is 387 g/mol. The summed E-state index contributed by atoms with van der Waals surface area (Å²) in [6.45, 7) is -0.460. The van der Waals surface area contributed by atoms with Gasteiger partial charge in [-0.25, -0.2) is 0 Å². The molecule has 152 valence electrons. The third kappa shape index (κ3) is 6.36. The summed E-state index contributed by atoms with van der Waals surface area (Å²) in [6, 6.07) is 7.13. The van der Waals surface area contributed by atoms with Crippen LogP contribution in [0.15, 0.2) is 36.4 Å². The zero-order chi connectivity index (χ0) is 19.8. The van der Waals surface area contributed by atoms with E-state index in [1.165, 1.54) is 37.7 Å². The average Bonchev–Trinajstić information content (AvgIpc) is 2.72. The maximum Gasteiger partial charge on any atom is 0.387 e. The molecule has 2 saturated carbocycles. The second kappa shape index (κ2) is 10.6. The van der Waals surface area contributed by atoms with Crippen molar-refractivity contribution in [3.05, 3.63) is 42.0 Å². The van der Waals surface area contributed by atoms with Crippen LogP contribution >= 0.6 is 0 Å². The maximum atomic E-state index is 12.2. The van der Waals surface area contributed by atoms with Crippen LogP contribution in [0.3, 0.4) is 0 Å². The molecule has 0 atom stereocenters. The van der Waals surface area contributed by atoms with Crippen molar-refractivity contribution in [2.24, 2.45) is 17.8 Å². The number of hydrogen-bond acceptors (Lipinski definition) is 1. The van der Waals surface area contributed by atoms with Crippen molar-refractivity contribution < 1.29 is 13.5 Å². The number of ether oxygens (including phenoxy) is 1. The molecule has 1 aromatic carbocycles. The van der Waals surface area contributed by atoms with Crippen LogP contribution in [0.25, 0.3) is 0 Å². The molecule has 0 saturated heterocycles. The van der Waals surface area contributed by atoms with Gasteiger partial charge in [0.15, 0.2) is 0 Å². The van der Waals surface area contributed by atoms with Crippen molar-refractivity contribution in [3.63, 3.8) is 0 Å². The van der Waals surface area contributed by atoms with Crippen molar-refractivity contribution in [1.82, 2.24) is 0 Å². The van der Waals surface area contributed by atoms with Crippen LogP contribution in [0, 0.1) is 29.6 Å². The molecule has 1 aromatic rings. The van der Waals surface area contributed by atoms with Gasteiger partial charge in [-0.05, 0) is 92.9 Å². The molecule has 28 heavy (non-hydrogen) atoms.